The molecule has 3 aromatic rings. The summed E-state index contributed by atoms with van der Waals surface area (Å²) in [5.41, 5.74) is 2.89. The lowest BCUT2D eigenvalue weighted by Gasteiger charge is -1.99. The first-order chi connectivity index (χ1) is 11.3. The van der Waals surface area contributed by atoms with E-state index in [9.17, 15) is 4.79 Å². The number of aryl methyl sites for hydroxylation is 1. The third kappa shape index (κ3) is 3.94. The van der Waals surface area contributed by atoms with Gasteiger partial charge in [0.2, 0.25) is 0 Å². The highest BCUT2D eigenvalue weighted by Crippen LogP contribution is 2.06. The van der Waals surface area contributed by atoms with Crippen molar-refractivity contribution in [2.45, 2.75) is 13.5 Å². The molecular weight excluding hydrogens is 326 g/mol. The van der Waals surface area contributed by atoms with Crippen LogP contribution in [0.4, 0.5) is 0 Å². The summed E-state index contributed by atoms with van der Waals surface area (Å²) in [6, 6.07) is 19.1. The summed E-state index contributed by atoms with van der Waals surface area (Å²) in [6.07, 6.45) is 1.45. The van der Waals surface area contributed by atoms with Crippen LogP contribution in [0.3, 0.4) is 0 Å². The number of nitrogens with one attached hydrogen (secondary N) is 1. The molecule has 124 valence electrons. The third-order valence-corrected chi connectivity index (χ3v) is 3.46. The van der Waals surface area contributed by atoms with Crippen LogP contribution >= 0.6 is 12.4 Å². The van der Waals surface area contributed by atoms with E-state index < -0.39 is 0 Å². The van der Waals surface area contributed by atoms with E-state index >= 15 is 0 Å². The Morgan fingerprint density at radius 1 is 1.08 bits per heavy atom. The van der Waals surface area contributed by atoms with Crippen LogP contribution in [0.15, 0.2) is 70.6 Å². The zero-order chi connectivity index (χ0) is 16.1. The second kappa shape index (κ2) is 8.17. The standard InChI is InChI=1S/C18H17N3O2.ClH/c1-14-17(12-19-23-13-15-8-4-2-5-9-15)18(22)21(20-14)16-10-6-3-7-11-16;/h2-12,20H,13H2,1H3;1H/b19-12+;. The first kappa shape index (κ1) is 17.6. The van der Waals surface area contributed by atoms with Crippen molar-refractivity contribution >= 4 is 18.6 Å². The van der Waals surface area contributed by atoms with Crippen LogP contribution in [0.1, 0.15) is 16.8 Å². The summed E-state index contributed by atoms with van der Waals surface area (Å²) in [7, 11) is 0. The molecule has 0 aliphatic heterocycles. The van der Waals surface area contributed by atoms with Gasteiger partial charge in [-0.15, -0.1) is 12.4 Å². The topological polar surface area (TPSA) is 59.4 Å². The Balaban J connectivity index is 0.00000208. The molecule has 0 saturated heterocycles. The molecule has 24 heavy (non-hydrogen) atoms. The van der Waals surface area contributed by atoms with E-state index in [4.69, 9.17) is 4.84 Å². The van der Waals surface area contributed by atoms with Crippen molar-refractivity contribution < 1.29 is 4.84 Å². The third-order valence-electron chi connectivity index (χ3n) is 3.46. The predicted molar refractivity (Wildman–Crippen MR) is 97.2 cm³/mol. The van der Waals surface area contributed by atoms with Gasteiger partial charge in [0.1, 0.15) is 6.61 Å². The van der Waals surface area contributed by atoms with Crippen molar-refractivity contribution in [1.82, 2.24) is 9.78 Å². The number of nitrogens with zero attached hydrogens (tertiary/aromatic N) is 2. The maximum atomic E-state index is 12.4. The lowest BCUT2D eigenvalue weighted by molar-refractivity contribution is 0.132. The molecule has 1 aromatic heterocycles. The van der Waals surface area contributed by atoms with E-state index in [-0.39, 0.29) is 18.0 Å². The van der Waals surface area contributed by atoms with E-state index in [0.717, 1.165) is 16.9 Å². The fourth-order valence-electron chi connectivity index (χ4n) is 2.25. The SMILES string of the molecule is Cc1[nH]n(-c2ccccc2)c(=O)c1/C=N/OCc1ccccc1.Cl. The molecule has 1 heterocycles. The lowest BCUT2D eigenvalue weighted by atomic mass is 10.2. The van der Waals surface area contributed by atoms with Crippen molar-refractivity contribution in [2.75, 3.05) is 0 Å². The molecule has 0 amide bonds. The second-order valence-electron chi connectivity index (χ2n) is 5.12. The summed E-state index contributed by atoms with van der Waals surface area (Å²) in [5, 5.41) is 6.95. The highest BCUT2D eigenvalue weighted by atomic mass is 35.5. The minimum atomic E-state index is -0.152. The van der Waals surface area contributed by atoms with E-state index in [0.29, 0.717) is 12.2 Å². The molecule has 0 atom stereocenters. The average molecular weight is 344 g/mol. The Morgan fingerprint density at radius 3 is 2.38 bits per heavy atom. The molecule has 3 rings (SSSR count). The zero-order valence-electron chi connectivity index (χ0n) is 13.2. The monoisotopic (exact) mass is 343 g/mol. The number of aromatic amines is 1. The van der Waals surface area contributed by atoms with Crippen LogP contribution < -0.4 is 5.56 Å². The average Bonchev–Trinajstić information content (AvgIpc) is 2.88. The van der Waals surface area contributed by atoms with Crippen LogP contribution in [0, 0.1) is 6.92 Å². The molecule has 0 spiro atoms. The summed E-state index contributed by atoms with van der Waals surface area (Å²) < 4.78 is 1.49. The van der Waals surface area contributed by atoms with E-state index in [2.05, 4.69) is 10.3 Å². The van der Waals surface area contributed by atoms with Gasteiger partial charge < -0.3 is 4.84 Å². The number of oxime groups is 1. The predicted octanol–water partition coefficient (Wildman–Crippen LogP) is 3.45. The number of para-hydroxylation sites is 1. The summed E-state index contributed by atoms with van der Waals surface area (Å²) >= 11 is 0. The van der Waals surface area contributed by atoms with Crippen LogP contribution in [0.5, 0.6) is 0 Å². The highest BCUT2D eigenvalue weighted by molar-refractivity contribution is 5.85. The number of rotatable bonds is 5. The molecule has 0 radical (unpaired) electrons. The fraction of sp³-hybridized carbons (Fsp3) is 0.111. The maximum Gasteiger partial charge on any atom is 0.280 e. The lowest BCUT2D eigenvalue weighted by Crippen LogP contribution is -2.17. The van der Waals surface area contributed by atoms with Gasteiger partial charge in [0.05, 0.1) is 17.5 Å². The van der Waals surface area contributed by atoms with Gasteiger partial charge >= 0.3 is 0 Å². The number of aromatic nitrogens is 2. The van der Waals surface area contributed by atoms with Gasteiger partial charge in [0.25, 0.3) is 5.56 Å². The Hall–Kier alpha value is -2.79. The van der Waals surface area contributed by atoms with Gasteiger partial charge in [0.15, 0.2) is 0 Å². The number of halogens is 1. The van der Waals surface area contributed by atoms with E-state index in [1.54, 1.807) is 0 Å². The molecule has 0 unspecified atom stereocenters. The number of H-pyrrole nitrogens is 1. The Bertz CT molecular complexity index is 855. The highest BCUT2D eigenvalue weighted by Gasteiger charge is 2.10. The molecular formula is C18H18ClN3O2. The van der Waals surface area contributed by atoms with Crippen molar-refractivity contribution in [3.63, 3.8) is 0 Å². The molecule has 0 aliphatic carbocycles. The van der Waals surface area contributed by atoms with Gasteiger partial charge in [-0.2, -0.15) is 0 Å². The van der Waals surface area contributed by atoms with Crippen LogP contribution in [0.2, 0.25) is 0 Å². The van der Waals surface area contributed by atoms with E-state index in [1.165, 1.54) is 10.9 Å². The second-order valence-corrected chi connectivity index (χ2v) is 5.12. The van der Waals surface area contributed by atoms with Gasteiger partial charge in [-0.3, -0.25) is 9.89 Å². The number of benzene rings is 2. The molecule has 6 heteroatoms. The van der Waals surface area contributed by atoms with E-state index in [1.807, 2.05) is 67.6 Å². The first-order valence-corrected chi connectivity index (χ1v) is 7.32. The van der Waals surface area contributed by atoms with Crippen molar-refractivity contribution in [3.8, 4) is 5.69 Å². The smallest absolute Gasteiger partial charge is 0.280 e. The van der Waals surface area contributed by atoms with Crippen molar-refractivity contribution in [2.24, 2.45) is 5.16 Å². The molecule has 5 nitrogen and oxygen atoms in total. The Labute approximate surface area is 146 Å². The van der Waals surface area contributed by atoms with Crippen molar-refractivity contribution in [3.05, 3.63) is 87.8 Å². The Morgan fingerprint density at radius 2 is 1.71 bits per heavy atom. The molecule has 2 aromatic carbocycles. The van der Waals surface area contributed by atoms with Gasteiger partial charge in [-0.1, -0.05) is 53.7 Å². The van der Waals surface area contributed by atoms with Gasteiger partial charge in [0, 0.05) is 5.69 Å². The normalized spacial score (nSPS) is 10.5. The molecule has 0 aliphatic rings. The molecule has 0 bridgehead atoms. The van der Waals surface area contributed by atoms with Gasteiger partial charge in [-0.05, 0) is 24.6 Å². The molecule has 1 N–H and O–H groups in total. The Kier molecular flexibility index (Phi) is 5.98. The maximum absolute atomic E-state index is 12.4. The largest absolute Gasteiger partial charge is 0.391 e. The van der Waals surface area contributed by atoms with Gasteiger partial charge in [-0.25, -0.2) is 4.68 Å². The first-order valence-electron chi connectivity index (χ1n) is 7.32. The quantitative estimate of drug-likeness (QED) is 0.570. The zero-order valence-corrected chi connectivity index (χ0v) is 14.0. The van der Waals surface area contributed by atoms with Crippen LogP contribution in [-0.4, -0.2) is 16.0 Å². The molecule has 0 saturated carbocycles. The summed E-state index contributed by atoms with van der Waals surface area (Å²) in [5.74, 6) is 0. The number of hydrogen-bond donors (Lipinski definition) is 1. The van der Waals surface area contributed by atoms with Crippen LogP contribution in [-0.2, 0) is 11.4 Å². The fourth-order valence-corrected chi connectivity index (χ4v) is 2.25. The summed E-state index contributed by atoms with van der Waals surface area (Å²) in [6.45, 7) is 2.20. The van der Waals surface area contributed by atoms with Crippen molar-refractivity contribution in [1.29, 1.82) is 0 Å². The number of hydrogen-bond acceptors (Lipinski definition) is 3. The molecule has 0 fully saturated rings. The minimum absolute atomic E-state index is 0. The van der Waals surface area contributed by atoms with Crippen LogP contribution in [0.25, 0.3) is 5.69 Å². The summed E-state index contributed by atoms with van der Waals surface area (Å²) in [4.78, 5) is 17.7. The minimum Gasteiger partial charge on any atom is -0.391 e.